The molecule has 29 heavy (non-hydrogen) atoms. The lowest BCUT2D eigenvalue weighted by Gasteiger charge is -2.16. The van der Waals surface area contributed by atoms with Crippen LogP contribution in [0.3, 0.4) is 0 Å². The summed E-state index contributed by atoms with van der Waals surface area (Å²) >= 11 is 6.18. The monoisotopic (exact) mass is 407 g/mol. The average Bonchev–Trinajstić information content (AvgIpc) is 3.02. The number of hydrogen-bond acceptors (Lipinski definition) is 5. The van der Waals surface area contributed by atoms with Gasteiger partial charge in [-0.15, -0.1) is 0 Å². The molecule has 0 fully saturated rings. The summed E-state index contributed by atoms with van der Waals surface area (Å²) in [5.74, 6) is 0.674. The Kier molecular flexibility index (Phi) is 5.31. The van der Waals surface area contributed by atoms with Gasteiger partial charge in [0.25, 0.3) is 5.95 Å². The van der Waals surface area contributed by atoms with Crippen molar-refractivity contribution in [3.63, 3.8) is 0 Å². The Balaban J connectivity index is 1.77. The molecule has 0 radical (unpaired) electrons. The van der Waals surface area contributed by atoms with Gasteiger partial charge < -0.3 is 11.1 Å². The smallest absolute Gasteiger partial charge is 0.251 e. The van der Waals surface area contributed by atoms with Crippen molar-refractivity contribution in [1.29, 1.82) is 0 Å². The molecule has 0 aliphatic heterocycles. The highest BCUT2D eigenvalue weighted by molar-refractivity contribution is 6.30. The first-order valence-electron chi connectivity index (χ1n) is 9.38. The highest BCUT2D eigenvalue weighted by Crippen LogP contribution is 2.36. The lowest BCUT2D eigenvalue weighted by Crippen LogP contribution is -2.10. The molecule has 2 heterocycles. The maximum atomic E-state index is 6.18. The van der Waals surface area contributed by atoms with Crippen LogP contribution >= 0.6 is 11.6 Å². The summed E-state index contributed by atoms with van der Waals surface area (Å²) in [5, 5.41) is 8.35. The van der Waals surface area contributed by atoms with E-state index in [4.69, 9.17) is 27.4 Å². The second-order valence-electron chi connectivity index (χ2n) is 6.90. The van der Waals surface area contributed by atoms with E-state index in [1.54, 1.807) is 19.3 Å². The molecule has 0 saturated heterocycles. The van der Waals surface area contributed by atoms with E-state index in [9.17, 15) is 0 Å². The van der Waals surface area contributed by atoms with Gasteiger partial charge in [0.05, 0.1) is 17.1 Å². The van der Waals surface area contributed by atoms with Crippen LogP contribution < -0.4 is 11.1 Å². The molecule has 0 amide bonds. The van der Waals surface area contributed by atoms with Gasteiger partial charge in [-0.3, -0.25) is 4.68 Å². The largest absolute Gasteiger partial charge is 0.394 e. The number of fused-ring (bicyclic) bond motifs is 3. The van der Waals surface area contributed by atoms with E-state index in [0.717, 1.165) is 51.6 Å². The van der Waals surface area contributed by atoms with Crippen LogP contribution in [0, 0.1) is 0 Å². The Bertz CT molecular complexity index is 1110. The van der Waals surface area contributed by atoms with Crippen LogP contribution in [0.25, 0.3) is 11.3 Å². The molecular formula is C21H22ClN7. The number of halogens is 1. The summed E-state index contributed by atoms with van der Waals surface area (Å²) < 4.78 is 1.94. The van der Waals surface area contributed by atoms with E-state index >= 15 is 0 Å². The fourth-order valence-corrected chi connectivity index (χ4v) is 3.75. The third kappa shape index (κ3) is 4.00. The van der Waals surface area contributed by atoms with Crippen molar-refractivity contribution in [2.75, 3.05) is 7.05 Å². The first-order chi connectivity index (χ1) is 14.0. The van der Waals surface area contributed by atoms with Crippen LogP contribution in [0.4, 0.5) is 5.95 Å². The fraction of sp³-hybridized carbons (Fsp3) is 0.238. The molecule has 1 aliphatic rings. The van der Waals surface area contributed by atoms with Gasteiger partial charge >= 0.3 is 0 Å². The Morgan fingerprint density at radius 3 is 3.03 bits per heavy atom. The van der Waals surface area contributed by atoms with Gasteiger partial charge in [0.15, 0.2) is 0 Å². The maximum absolute atomic E-state index is 6.18. The molecule has 7 nitrogen and oxygen atoms in total. The summed E-state index contributed by atoms with van der Waals surface area (Å²) in [4.78, 5) is 13.4. The average molecular weight is 408 g/mol. The minimum atomic E-state index is 0.334. The molecule has 3 N–H and O–H groups in total. The SMILES string of the molecule is CN/C=C\C(N)=N/c1ncc2c(n1)-c1c(nn(C)c1Cc1cccc(Cl)c1)CC2. The van der Waals surface area contributed by atoms with Crippen molar-refractivity contribution >= 4 is 23.4 Å². The van der Waals surface area contributed by atoms with Gasteiger partial charge in [0.2, 0.25) is 0 Å². The fourth-order valence-electron chi connectivity index (χ4n) is 3.54. The third-order valence-corrected chi connectivity index (χ3v) is 5.10. The standard InChI is InChI=1S/C21H22ClN7/c1-24-9-8-18(23)26-21-25-12-14-6-7-16-19(20(14)27-21)17(29(2)28-16)11-13-4-3-5-15(22)10-13/h3-5,8-10,12,24H,6-7,11H2,1-2H3,(H2,23,25,26,27)/b9-8-. The van der Waals surface area contributed by atoms with Crippen molar-refractivity contribution in [2.24, 2.45) is 17.8 Å². The number of hydrogen-bond donors (Lipinski definition) is 2. The molecule has 3 aromatic rings. The maximum Gasteiger partial charge on any atom is 0.251 e. The van der Waals surface area contributed by atoms with Gasteiger partial charge in [-0.2, -0.15) is 10.1 Å². The predicted octanol–water partition coefficient (Wildman–Crippen LogP) is 2.94. The van der Waals surface area contributed by atoms with Gasteiger partial charge in [-0.05, 0) is 48.4 Å². The first kappa shape index (κ1) is 19.1. The molecular weight excluding hydrogens is 386 g/mol. The molecule has 0 atom stereocenters. The van der Waals surface area contributed by atoms with E-state index < -0.39 is 0 Å². The van der Waals surface area contributed by atoms with E-state index in [2.05, 4.69) is 21.4 Å². The Morgan fingerprint density at radius 1 is 1.38 bits per heavy atom. The number of aromatic nitrogens is 4. The zero-order chi connectivity index (χ0) is 20.4. The number of nitrogens with two attached hydrogens (primary N) is 1. The van der Waals surface area contributed by atoms with Crippen LogP contribution in [0.5, 0.6) is 0 Å². The molecule has 1 aromatic carbocycles. The second-order valence-corrected chi connectivity index (χ2v) is 7.34. The van der Waals surface area contributed by atoms with Gasteiger partial charge in [-0.1, -0.05) is 23.7 Å². The molecule has 4 rings (SSSR count). The summed E-state index contributed by atoms with van der Waals surface area (Å²) in [6, 6.07) is 7.89. The summed E-state index contributed by atoms with van der Waals surface area (Å²) in [5.41, 5.74) is 12.3. The number of aliphatic imine (C=N–C) groups is 1. The van der Waals surface area contributed by atoms with Crippen molar-refractivity contribution in [3.05, 3.63) is 70.3 Å². The minimum absolute atomic E-state index is 0.334. The van der Waals surface area contributed by atoms with Gasteiger partial charge in [-0.25, -0.2) is 9.97 Å². The number of amidine groups is 1. The van der Waals surface area contributed by atoms with Crippen molar-refractivity contribution < 1.29 is 0 Å². The van der Waals surface area contributed by atoms with E-state index in [1.807, 2.05) is 36.1 Å². The molecule has 148 valence electrons. The predicted molar refractivity (Wildman–Crippen MR) is 115 cm³/mol. The van der Waals surface area contributed by atoms with E-state index in [1.165, 1.54) is 0 Å². The molecule has 1 aliphatic carbocycles. The quantitative estimate of drug-likeness (QED) is 0.501. The van der Waals surface area contributed by atoms with E-state index in [0.29, 0.717) is 18.2 Å². The van der Waals surface area contributed by atoms with Crippen LogP contribution in [0.2, 0.25) is 5.02 Å². The molecule has 0 bridgehead atoms. The van der Waals surface area contributed by atoms with Crippen LogP contribution in [-0.2, 0) is 26.3 Å². The Hall–Kier alpha value is -3.19. The van der Waals surface area contributed by atoms with Gasteiger partial charge in [0.1, 0.15) is 5.84 Å². The summed E-state index contributed by atoms with van der Waals surface area (Å²) in [6.07, 6.45) is 7.66. The molecule has 0 spiro atoms. The number of benzene rings is 1. The van der Waals surface area contributed by atoms with Gasteiger partial charge in [0, 0.05) is 37.3 Å². The zero-order valence-electron chi connectivity index (χ0n) is 16.4. The van der Waals surface area contributed by atoms with Crippen LogP contribution in [0.1, 0.15) is 22.5 Å². The van der Waals surface area contributed by atoms with E-state index in [-0.39, 0.29) is 0 Å². The summed E-state index contributed by atoms with van der Waals surface area (Å²) in [7, 11) is 3.77. The molecule has 8 heteroatoms. The molecule has 0 saturated carbocycles. The number of aryl methyl sites for hydroxylation is 3. The third-order valence-electron chi connectivity index (χ3n) is 4.87. The molecule has 2 aromatic heterocycles. The lowest BCUT2D eigenvalue weighted by atomic mass is 9.91. The number of nitrogens with one attached hydrogen (secondary N) is 1. The van der Waals surface area contributed by atoms with Crippen molar-refractivity contribution in [2.45, 2.75) is 19.3 Å². The van der Waals surface area contributed by atoms with Crippen molar-refractivity contribution in [1.82, 2.24) is 25.1 Å². The highest BCUT2D eigenvalue weighted by Gasteiger charge is 2.26. The first-order valence-corrected chi connectivity index (χ1v) is 9.76. The zero-order valence-corrected chi connectivity index (χ0v) is 17.1. The topological polar surface area (TPSA) is 94.0 Å². The normalized spacial score (nSPS) is 13.4. The second kappa shape index (κ2) is 8.05. The molecule has 0 unspecified atom stereocenters. The Morgan fingerprint density at radius 2 is 2.24 bits per heavy atom. The summed E-state index contributed by atoms with van der Waals surface area (Å²) in [6.45, 7) is 0. The van der Waals surface area contributed by atoms with Crippen molar-refractivity contribution in [3.8, 4) is 11.3 Å². The number of nitrogens with zero attached hydrogens (tertiary/aromatic N) is 5. The minimum Gasteiger partial charge on any atom is -0.394 e. The Labute approximate surface area is 174 Å². The van der Waals surface area contributed by atoms with Crippen LogP contribution in [-0.4, -0.2) is 32.6 Å². The highest BCUT2D eigenvalue weighted by atomic mass is 35.5. The van der Waals surface area contributed by atoms with Crippen LogP contribution in [0.15, 0.2) is 47.7 Å². The lowest BCUT2D eigenvalue weighted by molar-refractivity contribution is 0.705. The number of rotatable bonds is 5.